The summed E-state index contributed by atoms with van der Waals surface area (Å²) in [5, 5.41) is 0. The largest absolute Gasteiger partial charge is 0.0149 e. The molecule has 0 atom stereocenters. The van der Waals surface area contributed by atoms with Crippen molar-refractivity contribution in [2.45, 2.75) is 0 Å². The quantitative estimate of drug-likeness (QED) is 0.342. The van der Waals surface area contributed by atoms with Gasteiger partial charge in [0, 0.05) is 39.5 Å². The molecule has 4 heteroatoms. The van der Waals surface area contributed by atoms with Crippen LogP contribution in [-0.4, -0.2) is 50.5 Å². The summed E-state index contributed by atoms with van der Waals surface area (Å²) in [6.07, 6.45) is 0. The van der Waals surface area contributed by atoms with Gasteiger partial charge in [-0.25, -0.2) is 0 Å². The van der Waals surface area contributed by atoms with Crippen LogP contribution in [0.5, 0.6) is 0 Å². The normalized spacial score (nSPS) is 0. The minimum absolute atomic E-state index is 0. The first-order valence-electron chi connectivity index (χ1n) is 0. The van der Waals surface area contributed by atoms with E-state index in [-0.39, 0.29) is 50.5 Å². The van der Waals surface area contributed by atoms with Gasteiger partial charge in [0.2, 0.25) is 0 Å². The van der Waals surface area contributed by atoms with Gasteiger partial charge in [0.25, 0.3) is 0 Å². The Kier molecular flexibility index (Phi) is 481. The zero-order valence-corrected chi connectivity index (χ0v) is 5.60. The van der Waals surface area contributed by atoms with Gasteiger partial charge in [0.05, 0.1) is 0 Å². The average Bonchev–Trinajstić information content (AvgIpc) is 0. The molecule has 0 bridgehead atoms. The van der Waals surface area contributed by atoms with Gasteiger partial charge in [0.1, 0.15) is 0 Å². The van der Waals surface area contributed by atoms with E-state index in [2.05, 4.69) is 0 Å². The van der Waals surface area contributed by atoms with Crippen LogP contribution in [0.2, 0.25) is 0 Å². The fraction of sp³-hybridized carbons (Fsp3) is 0. The van der Waals surface area contributed by atoms with Crippen LogP contribution in [0, 0.1) is 0 Å². The van der Waals surface area contributed by atoms with E-state index in [0.29, 0.717) is 0 Å². The predicted octanol–water partition coefficient (Wildman–Crippen LogP) is -2.59. The smallest absolute Gasteiger partial charge is 0 e. The van der Waals surface area contributed by atoms with Crippen molar-refractivity contribution >= 4 is 50.5 Å². The van der Waals surface area contributed by atoms with Crippen LogP contribution in [0.3, 0.4) is 0 Å². The Morgan fingerprint density at radius 1 is 0.750 bits per heavy atom. The maximum atomic E-state index is 0. The topological polar surface area (TPSA) is 0 Å². The number of rotatable bonds is 0. The summed E-state index contributed by atoms with van der Waals surface area (Å²) in [6, 6.07) is 0. The van der Waals surface area contributed by atoms with Crippen LogP contribution in [0.4, 0.5) is 0 Å². The molecule has 0 aromatic rings. The van der Waals surface area contributed by atoms with Crippen molar-refractivity contribution in [2.75, 3.05) is 0 Å². The molecule has 4 heavy (non-hydrogen) atoms. The van der Waals surface area contributed by atoms with Crippen molar-refractivity contribution in [2.24, 2.45) is 0 Å². The SMILES string of the molecule is [Ge].[SiH4].[Si].[Si]. The second-order valence-corrected chi connectivity index (χ2v) is 0. The maximum absolute atomic E-state index is 0. The summed E-state index contributed by atoms with van der Waals surface area (Å²) in [5.74, 6) is 0. The molecule has 0 aliphatic heterocycles. The van der Waals surface area contributed by atoms with E-state index in [9.17, 15) is 0 Å². The molecule has 0 saturated heterocycles. The van der Waals surface area contributed by atoms with E-state index in [1.807, 2.05) is 0 Å². The summed E-state index contributed by atoms with van der Waals surface area (Å²) in [6.45, 7) is 0. The van der Waals surface area contributed by atoms with Gasteiger partial charge in [-0.2, -0.15) is 0 Å². The molecule has 0 unspecified atom stereocenters. The Morgan fingerprint density at radius 2 is 0.750 bits per heavy atom. The van der Waals surface area contributed by atoms with Crippen LogP contribution in [0.15, 0.2) is 0 Å². The van der Waals surface area contributed by atoms with Crippen molar-refractivity contribution in [1.29, 1.82) is 0 Å². The molecule has 0 saturated carbocycles. The second kappa shape index (κ2) is 30.0. The predicted molar refractivity (Wildman–Crippen MR) is 28.6 cm³/mol. The Hall–Kier alpha value is 1.19. The minimum Gasteiger partial charge on any atom is -0.0149 e. The van der Waals surface area contributed by atoms with Crippen molar-refractivity contribution in [3.63, 3.8) is 0 Å². The van der Waals surface area contributed by atoms with Crippen molar-refractivity contribution in [3.05, 3.63) is 0 Å². The third-order valence-electron chi connectivity index (χ3n) is 0. The zero-order chi connectivity index (χ0) is 0. The molecule has 12 radical (unpaired) electrons. The molecule has 0 heterocycles. The van der Waals surface area contributed by atoms with Crippen LogP contribution < -0.4 is 0 Å². The zero-order valence-electron chi connectivity index (χ0n) is 1.50. The standard InChI is InChI=1S/Ge.H4Si.2Si/h;1H4;;. The summed E-state index contributed by atoms with van der Waals surface area (Å²) in [4.78, 5) is 0. The summed E-state index contributed by atoms with van der Waals surface area (Å²) in [7, 11) is 0. The van der Waals surface area contributed by atoms with Crippen molar-refractivity contribution in [1.82, 2.24) is 0 Å². The van der Waals surface area contributed by atoms with Gasteiger partial charge in [0.15, 0.2) is 0 Å². The first-order valence-corrected chi connectivity index (χ1v) is 0. The molecule has 0 amide bonds. The molecule has 0 spiro atoms. The molecule has 0 aromatic heterocycles. The molecule has 0 N–H and O–H groups in total. The Labute approximate surface area is 50.8 Å². The van der Waals surface area contributed by atoms with Gasteiger partial charge in [-0.15, -0.1) is 0 Å². The fourth-order valence-corrected chi connectivity index (χ4v) is 0. The van der Waals surface area contributed by atoms with Crippen LogP contribution in [0.25, 0.3) is 0 Å². The molecule has 0 aliphatic carbocycles. The number of hydrogen-bond acceptors (Lipinski definition) is 0. The van der Waals surface area contributed by atoms with E-state index < -0.39 is 0 Å². The maximum Gasteiger partial charge on any atom is 0 e. The van der Waals surface area contributed by atoms with E-state index in [4.69, 9.17) is 0 Å². The van der Waals surface area contributed by atoms with Gasteiger partial charge in [-0.3, -0.25) is 0 Å². The minimum atomic E-state index is 0. The van der Waals surface area contributed by atoms with Crippen molar-refractivity contribution in [3.8, 4) is 0 Å². The molecular weight excluding hydrogens is 157 g/mol. The molecule has 20 valence electrons. The molecular formula is H4GeSi3. The third kappa shape index (κ3) is 10.8. The van der Waals surface area contributed by atoms with Gasteiger partial charge < -0.3 is 0 Å². The molecule has 0 aliphatic rings. The number of hydrogen-bond donors (Lipinski definition) is 0. The molecule has 0 aromatic carbocycles. The summed E-state index contributed by atoms with van der Waals surface area (Å²) in [5.41, 5.74) is 0. The van der Waals surface area contributed by atoms with E-state index in [1.165, 1.54) is 0 Å². The third-order valence-corrected chi connectivity index (χ3v) is 0. The van der Waals surface area contributed by atoms with E-state index in [1.54, 1.807) is 0 Å². The first-order chi connectivity index (χ1) is 0. The Bertz CT molecular complexity index is 3.25. The van der Waals surface area contributed by atoms with Crippen LogP contribution in [-0.2, 0) is 0 Å². The first kappa shape index (κ1) is 64.1. The van der Waals surface area contributed by atoms with Crippen LogP contribution in [0.1, 0.15) is 0 Å². The van der Waals surface area contributed by atoms with Gasteiger partial charge >= 0.3 is 0 Å². The second-order valence-electron chi connectivity index (χ2n) is 0. The van der Waals surface area contributed by atoms with E-state index >= 15 is 0 Å². The van der Waals surface area contributed by atoms with Crippen LogP contribution >= 0.6 is 0 Å². The van der Waals surface area contributed by atoms with Crippen molar-refractivity contribution < 1.29 is 0 Å². The van der Waals surface area contributed by atoms with Gasteiger partial charge in [-0.05, 0) is 11.0 Å². The summed E-state index contributed by atoms with van der Waals surface area (Å²) < 4.78 is 0. The van der Waals surface area contributed by atoms with Gasteiger partial charge in [-0.1, -0.05) is 0 Å². The van der Waals surface area contributed by atoms with E-state index in [0.717, 1.165) is 0 Å². The Morgan fingerprint density at radius 3 is 0.750 bits per heavy atom. The monoisotopic (exact) mass is 162 g/mol. The summed E-state index contributed by atoms with van der Waals surface area (Å²) >= 11 is 0. The average molecular weight is 161 g/mol. The fourth-order valence-electron chi connectivity index (χ4n) is 0. The molecule has 0 nitrogen and oxygen atoms in total. The molecule has 0 rings (SSSR count). The Balaban J connectivity index is 0. The molecule has 0 fully saturated rings.